The van der Waals surface area contributed by atoms with Crippen LogP contribution in [0, 0.1) is 5.92 Å². The van der Waals surface area contributed by atoms with Crippen molar-refractivity contribution in [3.8, 4) is 0 Å². The van der Waals surface area contributed by atoms with Crippen LogP contribution in [0.25, 0.3) is 0 Å². The first-order chi connectivity index (χ1) is 11.1. The highest BCUT2D eigenvalue weighted by molar-refractivity contribution is 5.97. The van der Waals surface area contributed by atoms with E-state index in [1.807, 2.05) is 24.3 Å². The molecule has 1 N–H and O–H groups in total. The Morgan fingerprint density at radius 1 is 1.35 bits per heavy atom. The molecule has 1 aromatic carbocycles. The van der Waals surface area contributed by atoms with Gasteiger partial charge in [0.2, 0.25) is 11.8 Å². The van der Waals surface area contributed by atoms with Crippen LogP contribution in [0.4, 0.5) is 11.4 Å². The van der Waals surface area contributed by atoms with Gasteiger partial charge in [0, 0.05) is 44.0 Å². The first kappa shape index (κ1) is 17.1. The molecule has 0 aliphatic carbocycles. The monoisotopic (exact) mass is 315 g/mol. The number of amides is 2. The van der Waals surface area contributed by atoms with Crippen LogP contribution in [0.3, 0.4) is 0 Å². The Hall–Kier alpha value is -2.30. The zero-order valence-corrected chi connectivity index (χ0v) is 13.9. The van der Waals surface area contributed by atoms with Crippen LogP contribution in [0.2, 0.25) is 0 Å². The topological polar surface area (TPSA) is 52.7 Å². The molecule has 2 amide bonds. The lowest BCUT2D eigenvalue weighted by molar-refractivity contribution is -0.127. The van der Waals surface area contributed by atoms with Crippen molar-refractivity contribution in [2.75, 3.05) is 36.4 Å². The average Bonchev–Trinajstić information content (AvgIpc) is 2.92. The van der Waals surface area contributed by atoms with E-state index in [0.29, 0.717) is 13.1 Å². The molecule has 0 radical (unpaired) electrons. The van der Waals surface area contributed by atoms with Gasteiger partial charge in [-0.25, -0.2) is 0 Å². The van der Waals surface area contributed by atoms with Crippen molar-refractivity contribution in [1.82, 2.24) is 4.90 Å². The molecule has 0 bridgehead atoms. The molecule has 5 heteroatoms. The van der Waals surface area contributed by atoms with Gasteiger partial charge < -0.3 is 15.1 Å². The molecule has 1 unspecified atom stereocenters. The molecule has 124 valence electrons. The Kier molecular flexibility index (Phi) is 5.79. The van der Waals surface area contributed by atoms with Gasteiger partial charge in [-0.15, -0.1) is 6.58 Å². The Bertz CT molecular complexity index is 564. The normalized spacial score (nSPS) is 17.2. The number of carbonyl (C=O) groups is 2. The van der Waals surface area contributed by atoms with Crippen LogP contribution < -0.4 is 10.2 Å². The molecule has 0 aromatic heterocycles. The summed E-state index contributed by atoms with van der Waals surface area (Å²) < 4.78 is 0. The van der Waals surface area contributed by atoms with Gasteiger partial charge in [-0.2, -0.15) is 0 Å². The summed E-state index contributed by atoms with van der Waals surface area (Å²) in [5, 5.41) is 2.91. The van der Waals surface area contributed by atoms with E-state index in [-0.39, 0.29) is 24.2 Å². The van der Waals surface area contributed by atoms with Gasteiger partial charge in [-0.1, -0.05) is 6.08 Å². The van der Waals surface area contributed by atoms with E-state index in [2.05, 4.69) is 30.6 Å². The number of hydrogen-bond acceptors (Lipinski definition) is 3. The predicted molar refractivity (Wildman–Crippen MR) is 93.5 cm³/mol. The van der Waals surface area contributed by atoms with Crippen LogP contribution in [-0.4, -0.2) is 42.9 Å². The molecule has 0 spiro atoms. The maximum atomic E-state index is 12.3. The van der Waals surface area contributed by atoms with Gasteiger partial charge in [0.05, 0.1) is 5.92 Å². The molecule has 1 atom stereocenters. The molecule has 23 heavy (non-hydrogen) atoms. The maximum Gasteiger partial charge on any atom is 0.229 e. The van der Waals surface area contributed by atoms with Crippen LogP contribution >= 0.6 is 0 Å². The summed E-state index contributed by atoms with van der Waals surface area (Å²) in [7, 11) is 0. The van der Waals surface area contributed by atoms with Crippen molar-refractivity contribution in [1.29, 1.82) is 0 Å². The summed E-state index contributed by atoms with van der Waals surface area (Å²) in [6.07, 6.45) is 1.96. The SMILES string of the molecule is C=CCN1CC(C(=O)Nc2ccc(N(CC)CC)cc2)CC1=O. The predicted octanol–water partition coefficient (Wildman–Crippen LogP) is 2.51. The third-order valence-corrected chi connectivity index (χ3v) is 4.20. The fourth-order valence-corrected chi connectivity index (χ4v) is 2.87. The summed E-state index contributed by atoms with van der Waals surface area (Å²) in [6.45, 7) is 10.7. The fraction of sp³-hybridized carbons (Fsp3) is 0.444. The minimum atomic E-state index is -0.287. The van der Waals surface area contributed by atoms with Crippen LogP contribution in [0.1, 0.15) is 20.3 Å². The summed E-state index contributed by atoms with van der Waals surface area (Å²) in [5.41, 5.74) is 1.90. The van der Waals surface area contributed by atoms with Crippen LogP contribution in [0.15, 0.2) is 36.9 Å². The van der Waals surface area contributed by atoms with Crippen molar-refractivity contribution in [3.05, 3.63) is 36.9 Å². The second-order valence-corrected chi connectivity index (χ2v) is 5.70. The number of benzene rings is 1. The first-order valence-electron chi connectivity index (χ1n) is 8.13. The highest BCUT2D eigenvalue weighted by Crippen LogP contribution is 2.21. The van der Waals surface area contributed by atoms with Gasteiger partial charge >= 0.3 is 0 Å². The third-order valence-electron chi connectivity index (χ3n) is 4.20. The van der Waals surface area contributed by atoms with Crippen molar-refractivity contribution in [3.63, 3.8) is 0 Å². The summed E-state index contributed by atoms with van der Waals surface area (Å²) in [5.74, 6) is -0.368. The maximum absolute atomic E-state index is 12.3. The Morgan fingerprint density at radius 2 is 2.00 bits per heavy atom. The zero-order chi connectivity index (χ0) is 16.8. The second-order valence-electron chi connectivity index (χ2n) is 5.70. The Labute approximate surface area is 138 Å². The van der Waals surface area contributed by atoms with Gasteiger partial charge in [0.25, 0.3) is 0 Å². The van der Waals surface area contributed by atoms with Crippen molar-refractivity contribution >= 4 is 23.2 Å². The van der Waals surface area contributed by atoms with Gasteiger partial charge in [-0.3, -0.25) is 9.59 Å². The number of carbonyl (C=O) groups excluding carboxylic acids is 2. The molecule has 1 aromatic rings. The zero-order valence-electron chi connectivity index (χ0n) is 13.9. The number of nitrogens with one attached hydrogen (secondary N) is 1. The van der Waals surface area contributed by atoms with Gasteiger partial charge in [0.1, 0.15) is 0 Å². The van der Waals surface area contributed by atoms with Crippen molar-refractivity contribution in [2.24, 2.45) is 5.92 Å². The number of likely N-dealkylation sites (tertiary alicyclic amines) is 1. The summed E-state index contributed by atoms with van der Waals surface area (Å²) in [4.78, 5) is 28.0. The standard InChI is InChI=1S/C18H25N3O2/c1-4-11-21-13-14(12-17(21)22)18(23)19-15-7-9-16(10-8-15)20(5-2)6-3/h4,7-10,14H,1,5-6,11-13H2,2-3H3,(H,19,23). The van der Waals surface area contributed by atoms with E-state index >= 15 is 0 Å². The second kappa shape index (κ2) is 7.81. The number of nitrogens with zero attached hydrogens (tertiary/aromatic N) is 2. The molecule has 1 heterocycles. The van der Waals surface area contributed by atoms with E-state index in [9.17, 15) is 9.59 Å². The van der Waals surface area contributed by atoms with E-state index in [4.69, 9.17) is 0 Å². The van der Waals surface area contributed by atoms with E-state index < -0.39 is 0 Å². The van der Waals surface area contributed by atoms with Gasteiger partial charge in [0.15, 0.2) is 0 Å². The van der Waals surface area contributed by atoms with Crippen LogP contribution in [0.5, 0.6) is 0 Å². The highest BCUT2D eigenvalue weighted by Gasteiger charge is 2.33. The van der Waals surface area contributed by atoms with Gasteiger partial charge in [-0.05, 0) is 38.1 Å². The average molecular weight is 315 g/mol. The summed E-state index contributed by atoms with van der Waals surface area (Å²) in [6, 6.07) is 7.83. The first-order valence-corrected chi connectivity index (χ1v) is 8.13. The molecule has 1 fully saturated rings. The van der Waals surface area contributed by atoms with E-state index in [0.717, 1.165) is 24.5 Å². The largest absolute Gasteiger partial charge is 0.372 e. The Morgan fingerprint density at radius 3 is 2.57 bits per heavy atom. The smallest absolute Gasteiger partial charge is 0.229 e. The number of anilines is 2. The lowest BCUT2D eigenvalue weighted by atomic mass is 10.1. The van der Waals surface area contributed by atoms with Crippen LogP contribution in [-0.2, 0) is 9.59 Å². The molecular formula is C18H25N3O2. The molecule has 2 rings (SSSR count). The highest BCUT2D eigenvalue weighted by atomic mass is 16.2. The number of rotatable bonds is 7. The molecule has 1 saturated heterocycles. The minimum Gasteiger partial charge on any atom is -0.372 e. The Balaban J connectivity index is 1.95. The lowest BCUT2D eigenvalue weighted by Crippen LogP contribution is -2.28. The molecule has 1 aliphatic rings. The number of hydrogen-bond donors (Lipinski definition) is 1. The lowest BCUT2D eigenvalue weighted by Gasteiger charge is -2.21. The summed E-state index contributed by atoms with van der Waals surface area (Å²) >= 11 is 0. The van der Waals surface area contributed by atoms with E-state index in [1.54, 1.807) is 11.0 Å². The molecule has 5 nitrogen and oxygen atoms in total. The minimum absolute atomic E-state index is 0.0157. The van der Waals surface area contributed by atoms with E-state index in [1.165, 1.54) is 0 Å². The van der Waals surface area contributed by atoms with Crippen molar-refractivity contribution < 1.29 is 9.59 Å². The van der Waals surface area contributed by atoms with Crippen molar-refractivity contribution in [2.45, 2.75) is 20.3 Å². The fourth-order valence-electron chi connectivity index (χ4n) is 2.87. The molecule has 0 saturated carbocycles. The quantitative estimate of drug-likeness (QED) is 0.787. The molecule has 1 aliphatic heterocycles. The molecular weight excluding hydrogens is 290 g/mol. The third kappa shape index (κ3) is 4.12.